The molecule has 1 unspecified atom stereocenters. The monoisotopic (exact) mass is 431 g/mol. The number of carbonyl (C=O) groups is 1. The lowest BCUT2D eigenvalue weighted by atomic mass is 9.77. The second-order valence-corrected chi connectivity index (χ2v) is 8.84. The molecule has 1 atom stereocenters. The fourth-order valence-corrected chi connectivity index (χ4v) is 5.21. The molecule has 1 N–H and O–H groups in total. The first-order valence-corrected chi connectivity index (χ1v) is 11.5. The minimum absolute atomic E-state index is 0.130. The summed E-state index contributed by atoms with van der Waals surface area (Å²) in [6, 6.07) is 12.1. The molecule has 0 spiro atoms. The molecule has 1 aromatic carbocycles. The maximum Gasteiger partial charge on any atom is 0.230 e. The van der Waals surface area contributed by atoms with E-state index in [1.807, 2.05) is 24.3 Å². The molecular formula is C25H29N5O2. The SMILES string of the molecule is COc1ccc(C2(C(=O)NC3CCc4nnc(-c5ccncc5)n4CC3)CCCC2)cc1. The molecular weight excluding hydrogens is 402 g/mol. The molecule has 2 aliphatic rings. The summed E-state index contributed by atoms with van der Waals surface area (Å²) in [4.78, 5) is 17.7. The minimum atomic E-state index is -0.435. The Morgan fingerprint density at radius 2 is 1.81 bits per heavy atom. The third kappa shape index (κ3) is 3.76. The Kier molecular flexibility index (Phi) is 5.64. The van der Waals surface area contributed by atoms with Gasteiger partial charge in [0.1, 0.15) is 11.6 Å². The Hall–Kier alpha value is -3.22. The maximum atomic E-state index is 13.6. The molecule has 5 rings (SSSR count). The topological polar surface area (TPSA) is 81.9 Å². The fraction of sp³-hybridized carbons (Fsp3) is 0.440. The van der Waals surface area contributed by atoms with E-state index in [-0.39, 0.29) is 11.9 Å². The lowest BCUT2D eigenvalue weighted by Gasteiger charge is -2.31. The van der Waals surface area contributed by atoms with Gasteiger partial charge < -0.3 is 14.6 Å². The van der Waals surface area contributed by atoms with Crippen LogP contribution in [0.1, 0.15) is 49.9 Å². The lowest BCUT2D eigenvalue weighted by Crippen LogP contribution is -2.47. The second kappa shape index (κ2) is 8.73. The van der Waals surface area contributed by atoms with Gasteiger partial charge in [0.2, 0.25) is 5.91 Å². The number of aromatic nitrogens is 4. The quantitative estimate of drug-likeness (QED) is 0.666. The van der Waals surface area contributed by atoms with E-state index in [2.05, 4.69) is 37.2 Å². The standard InChI is InChI=1S/C25H29N5O2/c1-32-21-7-4-19(5-8-21)25(13-2-3-14-25)24(31)27-20-6-9-22-28-29-23(30(22)17-12-20)18-10-15-26-16-11-18/h4-5,7-8,10-11,15-16,20H,2-3,6,9,12-14,17H2,1H3,(H,27,31). The highest BCUT2D eigenvalue weighted by Gasteiger charge is 2.43. The Balaban J connectivity index is 1.31. The number of rotatable bonds is 5. The van der Waals surface area contributed by atoms with Crippen molar-refractivity contribution in [3.05, 3.63) is 60.2 Å². The second-order valence-electron chi connectivity index (χ2n) is 8.84. The maximum absolute atomic E-state index is 13.6. The van der Waals surface area contributed by atoms with Crippen LogP contribution in [0.2, 0.25) is 0 Å². The number of pyridine rings is 1. The highest BCUT2D eigenvalue weighted by molar-refractivity contribution is 5.89. The fourth-order valence-electron chi connectivity index (χ4n) is 5.21. The van der Waals surface area contributed by atoms with Crippen LogP contribution in [0.5, 0.6) is 5.75 Å². The average molecular weight is 432 g/mol. The molecule has 0 bridgehead atoms. The summed E-state index contributed by atoms with van der Waals surface area (Å²) in [6.07, 6.45) is 10.1. The third-order valence-corrected chi connectivity index (χ3v) is 7.05. The predicted octanol–water partition coefficient (Wildman–Crippen LogP) is 3.68. The normalized spacial score (nSPS) is 19.7. The number of ether oxygens (including phenoxy) is 1. The number of aryl methyl sites for hydroxylation is 1. The summed E-state index contributed by atoms with van der Waals surface area (Å²) in [5.41, 5.74) is 1.68. The lowest BCUT2D eigenvalue weighted by molar-refractivity contribution is -0.127. The highest BCUT2D eigenvalue weighted by Crippen LogP contribution is 2.42. The van der Waals surface area contributed by atoms with Gasteiger partial charge in [-0.15, -0.1) is 10.2 Å². The van der Waals surface area contributed by atoms with Gasteiger partial charge in [-0.3, -0.25) is 9.78 Å². The molecule has 1 saturated carbocycles. The summed E-state index contributed by atoms with van der Waals surface area (Å²) < 4.78 is 7.50. The Morgan fingerprint density at radius 3 is 2.53 bits per heavy atom. The smallest absolute Gasteiger partial charge is 0.230 e. The van der Waals surface area contributed by atoms with Gasteiger partial charge >= 0.3 is 0 Å². The van der Waals surface area contributed by atoms with Crippen LogP contribution >= 0.6 is 0 Å². The molecule has 1 amide bonds. The van der Waals surface area contributed by atoms with Gasteiger partial charge in [-0.2, -0.15) is 0 Å². The van der Waals surface area contributed by atoms with E-state index in [0.717, 1.165) is 80.0 Å². The van der Waals surface area contributed by atoms with Crippen LogP contribution in [-0.2, 0) is 23.2 Å². The average Bonchev–Trinajstić information content (AvgIpc) is 3.45. The molecule has 1 fully saturated rings. The van der Waals surface area contributed by atoms with Crippen molar-refractivity contribution >= 4 is 5.91 Å². The van der Waals surface area contributed by atoms with Crippen molar-refractivity contribution in [2.24, 2.45) is 0 Å². The summed E-state index contributed by atoms with van der Waals surface area (Å²) in [5, 5.41) is 12.3. The first-order chi connectivity index (χ1) is 15.7. The van der Waals surface area contributed by atoms with Gasteiger partial charge in [0.15, 0.2) is 5.82 Å². The first kappa shape index (κ1) is 20.7. The number of nitrogens with zero attached hydrogens (tertiary/aromatic N) is 4. The van der Waals surface area contributed by atoms with Gasteiger partial charge in [-0.25, -0.2) is 0 Å². The summed E-state index contributed by atoms with van der Waals surface area (Å²) >= 11 is 0. The van der Waals surface area contributed by atoms with Crippen LogP contribution in [0.25, 0.3) is 11.4 Å². The van der Waals surface area contributed by atoms with Crippen LogP contribution < -0.4 is 10.1 Å². The minimum Gasteiger partial charge on any atom is -0.497 e. The molecule has 1 aliphatic carbocycles. The number of methoxy groups -OCH3 is 1. The Morgan fingerprint density at radius 1 is 1.06 bits per heavy atom. The zero-order chi connectivity index (χ0) is 22.0. The van der Waals surface area contributed by atoms with E-state index in [4.69, 9.17) is 4.74 Å². The molecule has 7 heteroatoms. The third-order valence-electron chi connectivity index (χ3n) is 7.05. The van der Waals surface area contributed by atoms with Gasteiger partial charge in [-0.05, 0) is 55.5 Å². The van der Waals surface area contributed by atoms with Crippen molar-refractivity contribution in [3.8, 4) is 17.1 Å². The first-order valence-electron chi connectivity index (χ1n) is 11.5. The van der Waals surface area contributed by atoms with E-state index in [1.54, 1.807) is 19.5 Å². The van der Waals surface area contributed by atoms with E-state index >= 15 is 0 Å². The van der Waals surface area contributed by atoms with Crippen molar-refractivity contribution in [2.45, 2.75) is 62.9 Å². The van der Waals surface area contributed by atoms with Crippen LogP contribution in [0.3, 0.4) is 0 Å². The Bertz CT molecular complexity index is 1070. The number of hydrogen-bond donors (Lipinski definition) is 1. The van der Waals surface area contributed by atoms with E-state index in [9.17, 15) is 4.79 Å². The van der Waals surface area contributed by atoms with E-state index in [1.165, 1.54) is 0 Å². The number of fused-ring (bicyclic) bond motifs is 1. The van der Waals surface area contributed by atoms with Gasteiger partial charge in [0, 0.05) is 37.0 Å². The van der Waals surface area contributed by atoms with E-state index in [0.29, 0.717) is 0 Å². The summed E-state index contributed by atoms with van der Waals surface area (Å²) in [7, 11) is 1.67. The number of hydrogen-bond acceptors (Lipinski definition) is 5. The van der Waals surface area contributed by atoms with Crippen LogP contribution in [0.4, 0.5) is 0 Å². The van der Waals surface area contributed by atoms with Gasteiger partial charge in [0.25, 0.3) is 0 Å². The largest absolute Gasteiger partial charge is 0.497 e. The molecule has 32 heavy (non-hydrogen) atoms. The number of carbonyl (C=O) groups excluding carboxylic acids is 1. The van der Waals surface area contributed by atoms with Gasteiger partial charge in [0.05, 0.1) is 12.5 Å². The van der Waals surface area contributed by atoms with Crippen molar-refractivity contribution < 1.29 is 9.53 Å². The molecule has 1 aliphatic heterocycles. The number of benzene rings is 1. The highest BCUT2D eigenvalue weighted by atomic mass is 16.5. The van der Waals surface area contributed by atoms with Crippen molar-refractivity contribution in [2.75, 3.05) is 7.11 Å². The van der Waals surface area contributed by atoms with Gasteiger partial charge in [-0.1, -0.05) is 25.0 Å². The molecule has 7 nitrogen and oxygen atoms in total. The molecule has 166 valence electrons. The zero-order valence-corrected chi connectivity index (χ0v) is 18.5. The molecule has 3 heterocycles. The van der Waals surface area contributed by atoms with E-state index < -0.39 is 5.41 Å². The summed E-state index contributed by atoms with van der Waals surface area (Å²) in [5.74, 6) is 2.84. The van der Waals surface area contributed by atoms with Crippen molar-refractivity contribution in [1.82, 2.24) is 25.1 Å². The Labute approximate surface area is 188 Å². The van der Waals surface area contributed by atoms with Crippen LogP contribution in [0, 0.1) is 0 Å². The van der Waals surface area contributed by atoms with Crippen molar-refractivity contribution in [3.63, 3.8) is 0 Å². The van der Waals surface area contributed by atoms with Crippen LogP contribution in [-0.4, -0.2) is 38.8 Å². The van der Waals surface area contributed by atoms with Crippen molar-refractivity contribution in [1.29, 1.82) is 0 Å². The molecule has 3 aromatic rings. The molecule has 0 saturated heterocycles. The predicted molar refractivity (Wildman–Crippen MR) is 121 cm³/mol. The molecule has 0 radical (unpaired) electrons. The number of amides is 1. The summed E-state index contributed by atoms with van der Waals surface area (Å²) in [6.45, 7) is 0.792. The zero-order valence-electron chi connectivity index (χ0n) is 18.5. The molecule has 2 aromatic heterocycles. The van der Waals surface area contributed by atoms with Crippen LogP contribution in [0.15, 0.2) is 48.8 Å². The number of nitrogens with one attached hydrogen (secondary N) is 1.